The molecule has 9 nitrogen and oxygen atoms in total. The van der Waals surface area contributed by atoms with Gasteiger partial charge >= 0.3 is 5.76 Å². The number of nitrogens with one attached hydrogen (secondary N) is 1. The highest BCUT2D eigenvalue weighted by molar-refractivity contribution is 8.93. The first-order valence-corrected chi connectivity index (χ1v) is 14.5. The molecule has 0 fully saturated rings. The van der Waals surface area contributed by atoms with Crippen LogP contribution >= 0.6 is 29.4 Å². The molecular weight excluding hydrogens is 660 g/mol. The molecule has 0 aliphatic carbocycles. The fourth-order valence-corrected chi connectivity index (χ4v) is 5.88. The summed E-state index contributed by atoms with van der Waals surface area (Å²) in [7, 11) is 0. The number of halogens is 2. The standard InChI is InChI=1S/C34H34N4O5.BrH.ClH/c1-5-8-28-26(17-21-11-13-22(14-12-21)24-9-6-7-10-25(24)31-36-33(41)43-37-31)32(40)38(20(2)35-28)23-15-16-30-27(18-23)29(39)19-34(3,4)42-30;;/h6-7,9-16,18,29,39H,5,8,17,19H2,1-4H3,(H,36,37,41);2*1H. The summed E-state index contributed by atoms with van der Waals surface area (Å²) in [6.07, 6.45) is 1.76. The molecule has 2 aromatic heterocycles. The van der Waals surface area contributed by atoms with Crippen LogP contribution in [-0.4, -0.2) is 30.4 Å². The highest BCUT2D eigenvalue weighted by Gasteiger charge is 2.33. The molecule has 45 heavy (non-hydrogen) atoms. The minimum atomic E-state index is -0.685. The van der Waals surface area contributed by atoms with Gasteiger partial charge in [0.2, 0.25) is 0 Å². The van der Waals surface area contributed by atoms with Crippen molar-refractivity contribution < 1.29 is 14.4 Å². The molecule has 6 rings (SSSR count). The second-order valence-corrected chi connectivity index (χ2v) is 11.6. The number of nitrogens with zero attached hydrogens (tertiary/aromatic N) is 3. The second-order valence-electron chi connectivity index (χ2n) is 11.6. The number of benzene rings is 3. The van der Waals surface area contributed by atoms with Gasteiger partial charge in [0, 0.05) is 29.5 Å². The summed E-state index contributed by atoms with van der Waals surface area (Å²) in [6.45, 7) is 7.82. The molecule has 0 amide bonds. The van der Waals surface area contributed by atoms with Gasteiger partial charge in [0.25, 0.3) is 5.56 Å². The topological polar surface area (TPSA) is 123 Å². The lowest BCUT2D eigenvalue weighted by Crippen LogP contribution is -2.35. The monoisotopic (exact) mass is 694 g/mol. The van der Waals surface area contributed by atoms with Gasteiger partial charge in [-0.15, -0.1) is 29.4 Å². The Morgan fingerprint density at radius 2 is 1.76 bits per heavy atom. The molecule has 5 aromatic rings. The van der Waals surface area contributed by atoms with E-state index in [0.29, 0.717) is 53.5 Å². The predicted molar refractivity (Wildman–Crippen MR) is 181 cm³/mol. The SMILES string of the molecule is Br.CCCc1nc(C)n(-c2ccc3c(c2)C(O)CC(C)(C)O3)c(=O)c1Cc1ccc(-c2ccccc2-c2noc(=O)[nH]2)cc1.Cl. The number of rotatable bonds is 7. The Kier molecular flexibility index (Phi) is 10.2. The third kappa shape index (κ3) is 6.83. The highest BCUT2D eigenvalue weighted by atomic mass is 79.9. The summed E-state index contributed by atoms with van der Waals surface area (Å²) in [6, 6.07) is 21.2. The number of aryl methyl sites for hydroxylation is 2. The van der Waals surface area contributed by atoms with Gasteiger partial charge in [0.05, 0.1) is 17.5 Å². The molecule has 3 aromatic carbocycles. The molecule has 1 aliphatic heterocycles. The average molecular weight is 696 g/mol. The van der Waals surface area contributed by atoms with Gasteiger partial charge in [-0.25, -0.2) is 9.78 Å². The van der Waals surface area contributed by atoms with Crippen molar-refractivity contribution in [3.05, 3.63) is 116 Å². The van der Waals surface area contributed by atoms with E-state index in [1.807, 2.05) is 87.5 Å². The average Bonchev–Trinajstić information content (AvgIpc) is 3.41. The summed E-state index contributed by atoms with van der Waals surface area (Å²) in [5.41, 5.74) is 5.74. The highest BCUT2D eigenvalue weighted by Crippen LogP contribution is 2.40. The zero-order valence-electron chi connectivity index (χ0n) is 25.5. The molecule has 1 unspecified atom stereocenters. The van der Waals surface area contributed by atoms with E-state index in [2.05, 4.69) is 17.1 Å². The molecule has 236 valence electrons. The normalized spacial score (nSPS) is 14.9. The molecular formula is C34H36BrClN4O5. The lowest BCUT2D eigenvalue weighted by molar-refractivity contribution is 0.0115. The number of hydrogen-bond acceptors (Lipinski definition) is 7. The summed E-state index contributed by atoms with van der Waals surface area (Å²) in [5, 5.41) is 14.7. The zero-order chi connectivity index (χ0) is 30.3. The summed E-state index contributed by atoms with van der Waals surface area (Å²) in [5.74, 6) is 0.987. The lowest BCUT2D eigenvalue weighted by atomic mass is 9.91. The molecule has 0 saturated heterocycles. The Bertz CT molecular complexity index is 1930. The van der Waals surface area contributed by atoms with E-state index in [-0.39, 0.29) is 34.9 Å². The number of ether oxygens (including phenoxy) is 1. The van der Waals surface area contributed by atoms with Crippen LogP contribution in [0.1, 0.15) is 67.9 Å². The molecule has 1 aliphatic rings. The fourth-order valence-electron chi connectivity index (χ4n) is 5.88. The number of aliphatic hydroxyl groups is 1. The fraction of sp³-hybridized carbons (Fsp3) is 0.294. The van der Waals surface area contributed by atoms with Crippen molar-refractivity contribution in [3.8, 4) is 34.0 Å². The summed E-state index contributed by atoms with van der Waals surface area (Å²) < 4.78 is 12.4. The quantitative estimate of drug-likeness (QED) is 0.195. The van der Waals surface area contributed by atoms with Crippen molar-refractivity contribution in [1.29, 1.82) is 0 Å². The number of fused-ring (bicyclic) bond motifs is 1. The maximum Gasteiger partial charge on any atom is 0.439 e. The molecule has 1 atom stereocenters. The van der Waals surface area contributed by atoms with Crippen LogP contribution in [0.3, 0.4) is 0 Å². The van der Waals surface area contributed by atoms with Crippen LogP contribution in [0.15, 0.2) is 80.8 Å². The summed E-state index contributed by atoms with van der Waals surface area (Å²) >= 11 is 0. The first kappa shape index (κ1) is 33.9. The van der Waals surface area contributed by atoms with Crippen LogP contribution < -0.4 is 16.1 Å². The van der Waals surface area contributed by atoms with E-state index in [0.717, 1.165) is 34.4 Å². The number of aromatic amines is 1. The number of H-pyrrole nitrogens is 1. The van der Waals surface area contributed by atoms with Crippen molar-refractivity contribution in [1.82, 2.24) is 19.7 Å². The zero-order valence-corrected chi connectivity index (χ0v) is 28.0. The van der Waals surface area contributed by atoms with Crippen molar-refractivity contribution in [2.75, 3.05) is 0 Å². The van der Waals surface area contributed by atoms with Gasteiger partial charge < -0.3 is 9.84 Å². The van der Waals surface area contributed by atoms with E-state index in [9.17, 15) is 14.7 Å². The first-order valence-electron chi connectivity index (χ1n) is 14.5. The number of hydrogen-bond donors (Lipinski definition) is 2. The van der Waals surface area contributed by atoms with Crippen molar-refractivity contribution in [3.63, 3.8) is 0 Å². The van der Waals surface area contributed by atoms with E-state index >= 15 is 0 Å². The molecule has 0 spiro atoms. The van der Waals surface area contributed by atoms with E-state index < -0.39 is 17.5 Å². The Morgan fingerprint density at radius 1 is 1.04 bits per heavy atom. The van der Waals surface area contributed by atoms with Gasteiger partial charge in [0.1, 0.15) is 17.2 Å². The van der Waals surface area contributed by atoms with E-state index in [1.165, 1.54) is 0 Å². The Hall–Kier alpha value is -3.99. The van der Waals surface area contributed by atoms with Crippen LogP contribution in [0, 0.1) is 6.92 Å². The van der Waals surface area contributed by atoms with Crippen molar-refractivity contribution in [2.45, 2.75) is 65.1 Å². The van der Waals surface area contributed by atoms with E-state index in [1.54, 1.807) is 4.57 Å². The second kappa shape index (κ2) is 13.6. The van der Waals surface area contributed by atoms with Crippen LogP contribution in [0.5, 0.6) is 5.75 Å². The first-order chi connectivity index (χ1) is 20.6. The molecule has 0 bridgehead atoms. The molecule has 2 N–H and O–H groups in total. The van der Waals surface area contributed by atoms with Crippen LogP contribution in [0.2, 0.25) is 0 Å². The number of aliphatic hydroxyl groups excluding tert-OH is 1. The lowest BCUT2D eigenvalue weighted by Gasteiger charge is -2.35. The van der Waals surface area contributed by atoms with Gasteiger partial charge in [-0.05, 0) is 62.1 Å². The maximum atomic E-state index is 14.1. The Labute approximate surface area is 277 Å². The predicted octanol–water partition coefficient (Wildman–Crippen LogP) is 6.69. The van der Waals surface area contributed by atoms with Gasteiger partial charge in [0.15, 0.2) is 5.82 Å². The number of aromatic nitrogens is 4. The van der Waals surface area contributed by atoms with Crippen LogP contribution in [0.25, 0.3) is 28.2 Å². The maximum absolute atomic E-state index is 14.1. The third-order valence-corrected chi connectivity index (χ3v) is 7.87. The van der Waals surface area contributed by atoms with Gasteiger partial charge in [-0.1, -0.05) is 67.0 Å². The van der Waals surface area contributed by atoms with Crippen molar-refractivity contribution in [2.24, 2.45) is 0 Å². The van der Waals surface area contributed by atoms with E-state index in [4.69, 9.17) is 14.2 Å². The third-order valence-electron chi connectivity index (χ3n) is 7.87. The Balaban J connectivity index is 0.00000230. The minimum Gasteiger partial charge on any atom is -0.487 e. The van der Waals surface area contributed by atoms with Gasteiger partial charge in [-0.2, -0.15) is 0 Å². The molecule has 3 heterocycles. The minimum absolute atomic E-state index is 0. The molecule has 0 saturated carbocycles. The van der Waals surface area contributed by atoms with Crippen LogP contribution in [-0.2, 0) is 12.8 Å². The molecule has 0 radical (unpaired) electrons. The summed E-state index contributed by atoms with van der Waals surface area (Å²) in [4.78, 5) is 33.2. The van der Waals surface area contributed by atoms with Crippen LogP contribution in [0.4, 0.5) is 0 Å². The van der Waals surface area contributed by atoms with Crippen molar-refractivity contribution >= 4 is 29.4 Å². The molecule has 11 heteroatoms. The smallest absolute Gasteiger partial charge is 0.439 e. The Morgan fingerprint density at radius 3 is 2.42 bits per heavy atom. The largest absolute Gasteiger partial charge is 0.487 e. The van der Waals surface area contributed by atoms with Gasteiger partial charge in [-0.3, -0.25) is 18.9 Å².